The Hall–Kier alpha value is -2.69. The number of amides is 1. The van der Waals surface area contributed by atoms with Crippen molar-refractivity contribution in [1.82, 2.24) is 4.90 Å². The van der Waals surface area contributed by atoms with E-state index in [0.29, 0.717) is 12.1 Å². The number of hydrogen-bond acceptors (Lipinski definition) is 2. The zero-order valence-corrected chi connectivity index (χ0v) is 13.1. The molecular weight excluding hydrogens is 309 g/mol. The molecule has 0 spiro atoms. The van der Waals surface area contributed by atoms with Crippen molar-refractivity contribution in [3.63, 3.8) is 0 Å². The molecule has 124 valence electrons. The van der Waals surface area contributed by atoms with Crippen molar-refractivity contribution in [2.75, 3.05) is 6.54 Å². The Kier molecular flexibility index (Phi) is 4.60. The van der Waals surface area contributed by atoms with E-state index in [1.165, 1.54) is 12.1 Å². The number of carboxylic acids is 1. The smallest absolute Gasteiger partial charge is 0.308 e. The molecule has 0 aliphatic carbocycles. The Bertz CT molecular complexity index is 730. The molecule has 2 aromatic rings. The number of aliphatic carboxylic acids is 1. The predicted molar refractivity (Wildman–Crippen MR) is 86.7 cm³/mol. The van der Waals surface area contributed by atoms with Crippen LogP contribution < -0.4 is 0 Å². The maximum absolute atomic E-state index is 13.1. The first kappa shape index (κ1) is 16.2. The summed E-state index contributed by atoms with van der Waals surface area (Å²) in [5.41, 5.74) is 1.66. The fourth-order valence-corrected chi connectivity index (χ4v) is 3.19. The molecule has 24 heavy (non-hydrogen) atoms. The maximum atomic E-state index is 13.1. The summed E-state index contributed by atoms with van der Waals surface area (Å²) in [6.07, 6.45) is 0.120. The van der Waals surface area contributed by atoms with Crippen LogP contribution in [0.1, 0.15) is 23.5 Å². The van der Waals surface area contributed by atoms with Crippen LogP contribution >= 0.6 is 0 Å². The highest BCUT2D eigenvalue weighted by atomic mass is 19.1. The first-order valence-corrected chi connectivity index (χ1v) is 7.84. The minimum atomic E-state index is -0.935. The van der Waals surface area contributed by atoms with Crippen LogP contribution in [0, 0.1) is 11.7 Å². The molecule has 1 N–H and O–H groups in total. The lowest BCUT2D eigenvalue weighted by Gasteiger charge is -2.36. The van der Waals surface area contributed by atoms with Crippen LogP contribution in [0.2, 0.25) is 0 Å². The fraction of sp³-hybridized carbons (Fsp3) is 0.263. The second-order valence-corrected chi connectivity index (χ2v) is 6.07. The van der Waals surface area contributed by atoms with Gasteiger partial charge < -0.3 is 10.0 Å². The number of rotatable bonds is 4. The third-order valence-corrected chi connectivity index (χ3v) is 4.48. The lowest BCUT2D eigenvalue weighted by molar-refractivity contribution is -0.149. The average molecular weight is 327 g/mol. The predicted octanol–water partition coefficient (Wildman–Crippen LogP) is 3.04. The number of carbonyl (C=O) groups is 2. The Morgan fingerprint density at radius 3 is 2.42 bits per heavy atom. The SMILES string of the molecule is O=C(O)[C@@H]1CN(Cc2ccccc2)C(=O)C[C@@H]1c1ccc(F)cc1. The average Bonchev–Trinajstić information content (AvgIpc) is 2.58. The Labute approximate surface area is 139 Å². The quantitative estimate of drug-likeness (QED) is 0.939. The maximum Gasteiger partial charge on any atom is 0.308 e. The van der Waals surface area contributed by atoms with Gasteiger partial charge in [0.2, 0.25) is 5.91 Å². The van der Waals surface area contributed by atoms with Crippen molar-refractivity contribution in [3.05, 3.63) is 71.5 Å². The molecule has 0 aromatic heterocycles. The first-order chi connectivity index (χ1) is 11.5. The van der Waals surface area contributed by atoms with E-state index in [1.54, 1.807) is 17.0 Å². The Morgan fingerprint density at radius 1 is 1.12 bits per heavy atom. The van der Waals surface area contributed by atoms with Gasteiger partial charge in [-0.2, -0.15) is 0 Å². The van der Waals surface area contributed by atoms with Crippen LogP contribution in [-0.4, -0.2) is 28.4 Å². The van der Waals surface area contributed by atoms with Crippen molar-refractivity contribution in [1.29, 1.82) is 0 Å². The van der Waals surface area contributed by atoms with Crippen molar-refractivity contribution >= 4 is 11.9 Å². The van der Waals surface area contributed by atoms with Crippen LogP contribution in [0.5, 0.6) is 0 Å². The zero-order chi connectivity index (χ0) is 17.1. The van der Waals surface area contributed by atoms with Gasteiger partial charge in [0, 0.05) is 25.4 Å². The number of carbonyl (C=O) groups excluding carboxylic acids is 1. The van der Waals surface area contributed by atoms with Gasteiger partial charge in [-0.1, -0.05) is 42.5 Å². The summed E-state index contributed by atoms with van der Waals surface area (Å²) in [6.45, 7) is 0.560. The summed E-state index contributed by atoms with van der Waals surface area (Å²) in [7, 11) is 0. The molecule has 0 unspecified atom stereocenters. The fourth-order valence-electron chi connectivity index (χ4n) is 3.19. The van der Waals surface area contributed by atoms with E-state index in [4.69, 9.17) is 0 Å². The third-order valence-electron chi connectivity index (χ3n) is 4.48. The van der Waals surface area contributed by atoms with E-state index < -0.39 is 17.8 Å². The molecule has 1 amide bonds. The summed E-state index contributed by atoms with van der Waals surface area (Å²) < 4.78 is 13.1. The number of hydrogen-bond donors (Lipinski definition) is 1. The molecule has 5 heteroatoms. The van der Waals surface area contributed by atoms with Crippen LogP contribution in [0.4, 0.5) is 4.39 Å². The van der Waals surface area contributed by atoms with Crippen LogP contribution in [0.3, 0.4) is 0 Å². The van der Waals surface area contributed by atoms with Crippen molar-refractivity contribution in [2.45, 2.75) is 18.9 Å². The van der Waals surface area contributed by atoms with Gasteiger partial charge in [-0.3, -0.25) is 9.59 Å². The van der Waals surface area contributed by atoms with Gasteiger partial charge in [0.05, 0.1) is 5.92 Å². The van der Waals surface area contributed by atoms with Gasteiger partial charge in [0.25, 0.3) is 0 Å². The molecule has 1 heterocycles. The molecule has 1 saturated heterocycles. The summed E-state index contributed by atoms with van der Waals surface area (Å²) in [5.74, 6) is -2.52. The highest BCUT2D eigenvalue weighted by molar-refractivity contribution is 5.82. The van der Waals surface area contributed by atoms with Crippen molar-refractivity contribution in [2.24, 2.45) is 5.92 Å². The Morgan fingerprint density at radius 2 is 1.79 bits per heavy atom. The van der Waals surface area contributed by atoms with Gasteiger partial charge >= 0.3 is 5.97 Å². The minimum Gasteiger partial charge on any atom is -0.481 e. The summed E-state index contributed by atoms with van der Waals surface area (Å²) in [4.78, 5) is 25.8. The summed E-state index contributed by atoms with van der Waals surface area (Å²) >= 11 is 0. The highest BCUT2D eigenvalue weighted by Crippen LogP contribution is 2.34. The second-order valence-electron chi connectivity index (χ2n) is 6.07. The van der Waals surface area contributed by atoms with Gasteiger partial charge in [-0.05, 0) is 23.3 Å². The van der Waals surface area contributed by atoms with Crippen molar-refractivity contribution < 1.29 is 19.1 Å². The van der Waals surface area contributed by atoms with Gasteiger partial charge in [-0.25, -0.2) is 4.39 Å². The summed E-state index contributed by atoms with van der Waals surface area (Å²) in [6, 6.07) is 15.2. The largest absolute Gasteiger partial charge is 0.481 e. The molecule has 3 rings (SSSR count). The standard InChI is InChI=1S/C19H18FNO3/c20-15-8-6-14(7-9-15)16-10-18(22)21(12-17(16)19(23)24)11-13-4-2-1-3-5-13/h1-9,16-17H,10-12H2,(H,23,24)/t16-,17-/m1/s1. The monoisotopic (exact) mass is 327 g/mol. The van der Waals surface area contributed by atoms with E-state index in [9.17, 15) is 19.1 Å². The van der Waals surface area contributed by atoms with Gasteiger partial charge in [0.15, 0.2) is 0 Å². The molecule has 0 bridgehead atoms. The zero-order valence-electron chi connectivity index (χ0n) is 13.1. The molecule has 1 aliphatic rings. The number of piperidine rings is 1. The van der Waals surface area contributed by atoms with E-state index in [0.717, 1.165) is 5.56 Å². The van der Waals surface area contributed by atoms with E-state index in [1.807, 2.05) is 30.3 Å². The topological polar surface area (TPSA) is 57.6 Å². The number of benzene rings is 2. The van der Waals surface area contributed by atoms with E-state index >= 15 is 0 Å². The third kappa shape index (κ3) is 3.45. The number of likely N-dealkylation sites (tertiary alicyclic amines) is 1. The lowest BCUT2D eigenvalue weighted by Crippen LogP contribution is -2.45. The van der Waals surface area contributed by atoms with Crippen LogP contribution in [0.25, 0.3) is 0 Å². The van der Waals surface area contributed by atoms with Gasteiger partial charge in [-0.15, -0.1) is 0 Å². The van der Waals surface area contributed by atoms with E-state index in [2.05, 4.69) is 0 Å². The summed E-state index contributed by atoms with van der Waals surface area (Å²) in [5, 5.41) is 9.58. The second kappa shape index (κ2) is 6.83. The molecule has 1 fully saturated rings. The first-order valence-electron chi connectivity index (χ1n) is 7.84. The lowest BCUT2D eigenvalue weighted by atomic mass is 9.80. The van der Waals surface area contributed by atoms with Crippen molar-refractivity contribution in [3.8, 4) is 0 Å². The highest BCUT2D eigenvalue weighted by Gasteiger charge is 2.39. The molecule has 2 atom stereocenters. The molecular formula is C19H18FNO3. The number of nitrogens with zero attached hydrogens (tertiary/aromatic N) is 1. The minimum absolute atomic E-state index is 0.0781. The molecule has 0 radical (unpaired) electrons. The van der Waals surface area contributed by atoms with E-state index in [-0.39, 0.29) is 24.7 Å². The molecule has 1 aliphatic heterocycles. The van der Waals surface area contributed by atoms with Crippen LogP contribution in [0.15, 0.2) is 54.6 Å². The number of halogens is 1. The van der Waals surface area contributed by atoms with Crippen LogP contribution in [-0.2, 0) is 16.1 Å². The molecule has 2 aromatic carbocycles. The van der Waals surface area contributed by atoms with Gasteiger partial charge in [0.1, 0.15) is 5.82 Å². The Balaban J connectivity index is 1.81. The number of carboxylic acid groups (broad SMARTS) is 1. The normalized spacial score (nSPS) is 20.9. The molecule has 4 nitrogen and oxygen atoms in total. The molecule has 0 saturated carbocycles.